The second-order valence-electron chi connectivity index (χ2n) is 20.7. The Morgan fingerprint density at radius 1 is 0.398 bits per heavy atom. The molecule has 0 bridgehead atoms. The number of hydrogen-bond acceptors (Lipinski definition) is 5. The van der Waals surface area contributed by atoms with Crippen molar-refractivity contribution >= 4 is 91.4 Å². The van der Waals surface area contributed by atoms with Crippen molar-refractivity contribution in [3.8, 4) is 72.3 Å². The fraction of sp³-hybridized carbons (Fsp3) is 0.0263. The molecule has 1 radical (unpaired) electrons. The topological polar surface area (TPSA) is 44.5 Å². The summed E-state index contributed by atoms with van der Waals surface area (Å²) in [5.74, 6) is 2.56. The van der Waals surface area contributed by atoms with E-state index in [2.05, 4.69) is 234 Å². The number of nitrogens with zero attached hydrogens (tertiary/aromatic N) is 2. The molecule has 0 atom stereocenters. The van der Waals surface area contributed by atoms with Gasteiger partial charge >= 0.3 is 15.9 Å². The van der Waals surface area contributed by atoms with Crippen molar-refractivity contribution in [2.24, 2.45) is 0 Å². The van der Waals surface area contributed by atoms with E-state index >= 15 is 0 Å². The van der Waals surface area contributed by atoms with Crippen LogP contribution in [0, 0.1) is 6.92 Å². The fourth-order valence-electron chi connectivity index (χ4n) is 11.2. The number of thiazole rings is 1. The van der Waals surface area contributed by atoms with Gasteiger partial charge in [-0.25, -0.2) is 4.98 Å². The van der Waals surface area contributed by atoms with E-state index in [4.69, 9.17) is 12.3 Å². The zero-order chi connectivity index (χ0) is 55.5. The van der Waals surface area contributed by atoms with Crippen molar-refractivity contribution in [2.45, 2.75) is 13.7 Å². The summed E-state index contributed by atoms with van der Waals surface area (Å²) in [6.07, 6.45) is 0. The maximum absolute atomic E-state index is 5.89. The first-order valence-corrected chi connectivity index (χ1v) is 29.6. The Morgan fingerprint density at radius 2 is 0.952 bits per heavy atom. The number of aromatic nitrogens is 2. The third kappa shape index (κ3) is 10.7. The molecule has 0 saturated heterocycles. The summed E-state index contributed by atoms with van der Waals surface area (Å²) in [5, 5.41) is 12.6. The van der Waals surface area contributed by atoms with Gasteiger partial charge < -0.3 is 12.3 Å². The van der Waals surface area contributed by atoms with Crippen molar-refractivity contribution < 1.29 is 16.9 Å². The normalized spacial score (nSPS) is 11.5. The zero-order valence-corrected chi connectivity index (χ0v) is 47.5. The Hall–Kier alpha value is -9.87. The number of para-hydroxylation sites is 3. The van der Waals surface area contributed by atoms with Gasteiger partial charge in [0.25, 0.3) is 11.7 Å². The Kier molecular flexibility index (Phi) is 14.2. The van der Waals surface area contributed by atoms with Crippen molar-refractivity contribution in [2.75, 3.05) is 0 Å². The molecule has 5 nitrogen and oxygen atoms in total. The van der Waals surface area contributed by atoms with Crippen LogP contribution in [0.2, 0.25) is 0 Å². The van der Waals surface area contributed by atoms with E-state index in [-0.39, 0.29) is 0 Å². The van der Waals surface area contributed by atoms with Crippen LogP contribution in [-0.2, 0) is 6.73 Å². The first kappa shape index (κ1) is 51.3. The Labute approximate surface area is 492 Å². The molecule has 0 amide bonds. The van der Waals surface area contributed by atoms with Gasteiger partial charge in [-0.3, -0.25) is 0 Å². The Bertz CT molecular complexity index is 4870. The van der Waals surface area contributed by atoms with E-state index in [9.17, 15) is 0 Å². The molecular formula is C76H53AlN2O3S+. The lowest BCUT2D eigenvalue weighted by molar-refractivity contribution is -0.689. The van der Waals surface area contributed by atoms with Crippen molar-refractivity contribution in [1.82, 2.24) is 4.98 Å². The van der Waals surface area contributed by atoms with Crippen LogP contribution in [0.25, 0.3) is 119 Å². The summed E-state index contributed by atoms with van der Waals surface area (Å²) in [6, 6.07) is 103. The van der Waals surface area contributed by atoms with Gasteiger partial charge in [0.15, 0.2) is 0 Å². The average molecular weight is 1100 g/mol. The first-order valence-electron chi connectivity index (χ1n) is 27.9. The van der Waals surface area contributed by atoms with E-state index in [1.165, 1.54) is 108 Å². The lowest BCUT2D eigenvalue weighted by atomic mass is 9.91. The minimum Gasteiger partial charge on any atom is -0.616 e. The molecule has 0 spiro atoms. The van der Waals surface area contributed by atoms with E-state index in [0.29, 0.717) is 6.73 Å². The molecular weight excluding hydrogens is 1050 g/mol. The maximum atomic E-state index is 5.89. The van der Waals surface area contributed by atoms with Crippen molar-refractivity contribution in [3.05, 3.63) is 297 Å². The summed E-state index contributed by atoms with van der Waals surface area (Å²) < 4.78 is 21.0. The number of ether oxygens (including phenoxy) is 1. The SMILES string of the molecule is Cc1ccc2cccc([O][Al][O]c3ccc(-c4ccccc4)cc3)c2n1.c1cc(-c2ccc3cc(-c4ccc5ccccc5c4)ccc3c2)cc(-c2cc3ccccc3c3ccccc23)c1.c1ccc2c(c1)OC[n+]1c-2sc2ccccc21. The summed E-state index contributed by atoms with van der Waals surface area (Å²) in [4.78, 5) is 4.58. The van der Waals surface area contributed by atoms with Crippen LogP contribution in [0.4, 0.5) is 0 Å². The number of benzene rings is 13. The first-order chi connectivity index (χ1) is 41.0. The molecule has 393 valence electrons. The highest BCUT2D eigenvalue weighted by Gasteiger charge is 2.29. The minimum absolute atomic E-state index is 0.608. The Morgan fingerprint density at radius 3 is 1.75 bits per heavy atom. The van der Waals surface area contributed by atoms with E-state index < -0.39 is 15.9 Å². The van der Waals surface area contributed by atoms with Crippen LogP contribution in [0.15, 0.2) is 291 Å². The van der Waals surface area contributed by atoms with Gasteiger partial charge in [-0.05, 0) is 167 Å². The number of aryl methyl sites for hydroxylation is 1. The third-order valence-corrected chi connectivity index (χ3v) is 17.3. The van der Waals surface area contributed by atoms with E-state index in [0.717, 1.165) is 33.8 Å². The molecule has 3 heterocycles. The molecule has 0 N–H and O–H groups in total. The van der Waals surface area contributed by atoms with E-state index in [1.54, 1.807) is 0 Å². The van der Waals surface area contributed by atoms with Crippen LogP contribution in [0.5, 0.6) is 17.2 Å². The molecule has 2 aromatic heterocycles. The highest BCUT2D eigenvalue weighted by molar-refractivity contribution is 7.21. The molecule has 15 aromatic rings. The van der Waals surface area contributed by atoms with Crippen molar-refractivity contribution in [1.29, 1.82) is 0 Å². The average Bonchev–Trinajstić information content (AvgIpc) is 3.98. The molecule has 7 heteroatoms. The molecule has 0 unspecified atom stereocenters. The minimum atomic E-state index is -0.665. The van der Waals surface area contributed by atoms with Gasteiger partial charge in [-0.15, -0.1) is 4.57 Å². The highest BCUT2D eigenvalue weighted by Crippen LogP contribution is 2.39. The van der Waals surface area contributed by atoms with Gasteiger partial charge in [0.05, 0.1) is 11.3 Å². The Balaban J connectivity index is 0.000000122. The maximum Gasteiger partial charge on any atom is 0.881 e. The van der Waals surface area contributed by atoms with Gasteiger partial charge in [0.2, 0.25) is 5.52 Å². The quantitative estimate of drug-likeness (QED) is 0.0864. The predicted molar refractivity (Wildman–Crippen MR) is 346 cm³/mol. The van der Waals surface area contributed by atoms with Gasteiger partial charge in [-0.2, -0.15) is 0 Å². The standard InChI is InChI=1S/C40H26.C14H10NOS.C12H10O.C10H9NO.Al/c1-2-9-28-22-31(17-16-27(28)8-1)33-21-20-32-23-30(18-19-34(32)24-33)29-11-7-12-35(25-29)40-26-36-10-3-4-13-37(36)38-14-5-6-15-39(38)40;1-3-7-12-10(5-1)14-15(9-16-12)11-6-2-4-8-13(11)17-14;13-12-8-6-11(7-9-12)10-4-2-1-3-5-10;1-7-5-6-8-3-2-4-9(12)10(8)11-7;/h1-26H;1-8H,9H2;1-9,13H;2-6,12H,1H3;/q;+1;;;+2/p-2. The summed E-state index contributed by atoms with van der Waals surface area (Å²) in [5.41, 5.74) is 14.1. The lowest BCUT2D eigenvalue weighted by Crippen LogP contribution is -2.39. The number of rotatable bonds is 8. The van der Waals surface area contributed by atoms with Gasteiger partial charge in [-0.1, -0.05) is 224 Å². The van der Waals surface area contributed by atoms with Crippen molar-refractivity contribution in [3.63, 3.8) is 0 Å². The number of hydrogen-bond donors (Lipinski definition) is 0. The highest BCUT2D eigenvalue weighted by atomic mass is 32.1. The van der Waals surface area contributed by atoms with Gasteiger partial charge in [0.1, 0.15) is 21.7 Å². The lowest BCUT2D eigenvalue weighted by Gasteiger charge is -2.13. The summed E-state index contributed by atoms with van der Waals surface area (Å²) in [7, 11) is 0. The number of pyridine rings is 1. The van der Waals surface area contributed by atoms with Gasteiger partial charge in [0, 0.05) is 17.1 Å². The zero-order valence-electron chi connectivity index (χ0n) is 45.5. The monoisotopic (exact) mass is 1100 g/mol. The molecule has 13 aromatic carbocycles. The molecule has 0 saturated carbocycles. The largest absolute Gasteiger partial charge is 0.881 e. The van der Waals surface area contributed by atoms with E-state index in [1.807, 2.05) is 85.0 Å². The molecule has 0 aliphatic carbocycles. The predicted octanol–water partition coefficient (Wildman–Crippen LogP) is 19.7. The summed E-state index contributed by atoms with van der Waals surface area (Å²) >= 11 is 1.16. The third-order valence-electron chi connectivity index (χ3n) is 15.4. The molecule has 1 aliphatic heterocycles. The number of fused-ring (bicyclic) bond motifs is 11. The fourth-order valence-corrected chi connectivity index (χ4v) is 13.0. The summed E-state index contributed by atoms with van der Waals surface area (Å²) in [6.45, 7) is 2.59. The smallest absolute Gasteiger partial charge is 0.616 e. The van der Waals surface area contributed by atoms with Crippen LogP contribution in [0.1, 0.15) is 5.69 Å². The van der Waals surface area contributed by atoms with Crippen LogP contribution >= 0.6 is 11.3 Å². The second-order valence-corrected chi connectivity index (χ2v) is 22.4. The van der Waals surface area contributed by atoms with Crippen LogP contribution < -0.4 is 16.9 Å². The van der Waals surface area contributed by atoms with Crippen LogP contribution in [0.3, 0.4) is 0 Å². The molecule has 0 fully saturated rings. The molecule has 83 heavy (non-hydrogen) atoms. The van der Waals surface area contributed by atoms with Crippen LogP contribution in [-0.4, -0.2) is 20.9 Å². The second kappa shape index (κ2) is 22.9. The molecule has 1 aliphatic rings. The molecule has 16 rings (SSSR count).